The molecule has 0 saturated carbocycles. The van der Waals surface area contributed by atoms with Crippen LogP contribution < -0.4 is 10.6 Å². The third-order valence-electron chi connectivity index (χ3n) is 4.69. The number of nitrogens with zero attached hydrogens (tertiary/aromatic N) is 1. The molecule has 3 N–H and O–H groups in total. The number of para-hydroxylation sites is 2. The van der Waals surface area contributed by atoms with E-state index in [0.29, 0.717) is 0 Å². The van der Waals surface area contributed by atoms with E-state index in [2.05, 4.69) is 26.9 Å². The molecule has 0 aliphatic rings. The number of hydrogen-bond donors (Lipinski definition) is 3. The molecule has 0 aliphatic heterocycles. The van der Waals surface area contributed by atoms with Gasteiger partial charge in [0.15, 0.2) is 0 Å². The number of nitrogens with one attached hydrogen (secondary N) is 3. The molecule has 142 valence electrons. The van der Waals surface area contributed by atoms with Crippen molar-refractivity contribution in [1.29, 1.82) is 0 Å². The topological polar surface area (TPSA) is 69.8 Å². The Morgan fingerprint density at radius 1 is 1.07 bits per heavy atom. The van der Waals surface area contributed by atoms with Crippen LogP contribution in [-0.2, 0) is 0 Å². The normalized spacial score (nSPS) is 12.2. The van der Waals surface area contributed by atoms with E-state index >= 15 is 0 Å². The predicted molar refractivity (Wildman–Crippen MR) is 118 cm³/mol. The Morgan fingerprint density at radius 3 is 2.71 bits per heavy atom. The highest BCUT2D eigenvalue weighted by molar-refractivity contribution is 7.98. The average Bonchev–Trinajstić information content (AvgIpc) is 3.15. The summed E-state index contributed by atoms with van der Waals surface area (Å²) in [6.45, 7) is 0. The number of carbonyl (C=O) groups is 1. The molecule has 28 heavy (non-hydrogen) atoms. The molecule has 0 bridgehead atoms. The second kappa shape index (κ2) is 8.35. The largest absolute Gasteiger partial charge is 0.340 e. The Bertz CT molecular complexity index is 1070. The van der Waals surface area contributed by atoms with Crippen LogP contribution in [0.5, 0.6) is 0 Å². The number of rotatable bonds is 6. The van der Waals surface area contributed by atoms with E-state index in [4.69, 9.17) is 0 Å². The Hall–Kier alpha value is -2.99. The summed E-state index contributed by atoms with van der Waals surface area (Å²) in [7, 11) is 0. The molecule has 5 nitrogen and oxygen atoms in total. The van der Waals surface area contributed by atoms with Crippen molar-refractivity contribution >= 4 is 45.3 Å². The zero-order valence-corrected chi connectivity index (χ0v) is 16.4. The summed E-state index contributed by atoms with van der Waals surface area (Å²) < 4.78 is 0. The molecule has 0 spiro atoms. The lowest BCUT2D eigenvalue weighted by atomic mass is 10.1. The van der Waals surface area contributed by atoms with Gasteiger partial charge in [-0.2, -0.15) is 11.8 Å². The Kier molecular flexibility index (Phi) is 5.48. The minimum atomic E-state index is -0.233. The fraction of sp³-hybridized carbons (Fsp3) is 0.182. The maximum atomic E-state index is 12.7. The number of imidazole rings is 1. The van der Waals surface area contributed by atoms with E-state index in [1.54, 1.807) is 11.8 Å². The highest BCUT2D eigenvalue weighted by Gasteiger charge is 2.18. The van der Waals surface area contributed by atoms with Crippen molar-refractivity contribution in [3.05, 3.63) is 72.6 Å². The summed E-state index contributed by atoms with van der Waals surface area (Å²) in [6.07, 6.45) is 2.86. The van der Waals surface area contributed by atoms with E-state index in [1.807, 2.05) is 66.7 Å². The Labute approximate surface area is 167 Å². The number of hydrogen-bond acceptors (Lipinski definition) is 3. The maximum Gasteiger partial charge on any atom is 0.319 e. The molecule has 0 radical (unpaired) electrons. The van der Waals surface area contributed by atoms with Crippen LogP contribution in [0.1, 0.15) is 18.3 Å². The lowest BCUT2D eigenvalue weighted by Gasteiger charge is -2.17. The second-order valence-corrected chi connectivity index (χ2v) is 7.58. The van der Waals surface area contributed by atoms with Gasteiger partial charge in [-0.25, -0.2) is 9.78 Å². The van der Waals surface area contributed by atoms with Crippen LogP contribution in [0.2, 0.25) is 0 Å². The molecule has 4 aromatic rings. The first kappa shape index (κ1) is 18.4. The number of anilines is 1. The minimum Gasteiger partial charge on any atom is -0.340 e. The van der Waals surface area contributed by atoms with Crippen molar-refractivity contribution in [3.63, 3.8) is 0 Å². The van der Waals surface area contributed by atoms with Crippen molar-refractivity contribution in [2.24, 2.45) is 0 Å². The smallest absolute Gasteiger partial charge is 0.319 e. The number of carbonyl (C=O) groups excluding carboxylic acids is 1. The third-order valence-corrected chi connectivity index (χ3v) is 5.34. The second-order valence-electron chi connectivity index (χ2n) is 6.60. The molecule has 0 saturated heterocycles. The molecular weight excluding hydrogens is 368 g/mol. The Morgan fingerprint density at radius 2 is 1.86 bits per heavy atom. The summed E-state index contributed by atoms with van der Waals surface area (Å²) in [6, 6.07) is 21.4. The van der Waals surface area contributed by atoms with Gasteiger partial charge in [-0.05, 0) is 42.0 Å². The van der Waals surface area contributed by atoms with Crippen LogP contribution in [0.15, 0.2) is 66.7 Å². The lowest BCUT2D eigenvalue weighted by Crippen LogP contribution is -2.33. The first-order valence-corrected chi connectivity index (χ1v) is 10.6. The highest BCUT2D eigenvalue weighted by Crippen LogP contribution is 2.24. The maximum absolute atomic E-state index is 12.7. The van der Waals surface area contributed by atoms with E-state index in [-0.39, 0.29) is 12.1 Å². The van der Waals surface area contributed by atoms with Crippen molar-refractivity contribution in [2.75, 3.05) is 17.3 Å². The number of aromatic nitrogens is 2. The van der Waals surface area contributed by atoms with Crippen molar-refractivity contribution in [1.82, 2.24) is 15.3 Å². The molecule has 1 atom stereocenters. The van der Waals surface area contributed by atoms with Gasteiger partial charge in [-0.3, -0.25) is 0 Å². The molecule has 3 aromatic carbocycles. The van der Waals surface area contributed by atoms with Crippen LogP contribution in [0.4, 0.5) is 10.5 Å². The van der Waals surface area contributed by atoms with Gasteiger partial charge in [-0.1, -0.05) is 48.5 Å². The number of urea groups is 1. The summed E-state index contributed by atoms with van der Waals surface area (Å²) >= 11 is 1.75. The van der Waals surface area contributed by atoms with Crippen LogP contribution in [0.25, 0.3) is 21.8 Å². The van der Waals surface area contributed by atoms with E-state index < -0.39 is 0 Å². The quantitative estimate of drug-likeness (QED) is 0.417. The number of H-pyrrole nitrogens is 1. The Balaban J connectivity index is 1.55. The van der Waals surface area contributed by atoms with E-state index in [0.717, 1.165) is 45.5 Å². The average molecular weight is 391 g/mol. The van der Waals surface area contributed by atoms with Crippen LogP contribution in [-0.4, -0.2) is 28.0 Å². The van der Waals surface area contributed by atoms with Crippen LogP contribution in [0, 0.1) is 0 Å². The molecule has 0 aliphatic carbocycles. The molecule has 1 heterocycles. The van der Waals surface area contributed by atoms with Crippen LogP contribution in [0.3, 0.4) is 0 Å². The fourth-order valence-electron chi connectivity index (χ4n) is 3.30. The molecule has 6 heteroatoms. The highest BCUT2D eigenvalue weighted by atomic mass is 32.2. The number of aromatic amines is 1. The minimum absolute atomic E-state index is 0.185. The van der Waals surface area contributed by atoms with Gasteiger partial charge in [-0.15, -0.1) is 0 Å². The number of benzene rings is 3. The van der Waals surface area contributed by atoms with Crippen LogP contribution >= 0.6 is 11.8 Å². The van der Waals surface area contributed by atoms with Gasteiger partial charge in [0.2, 0.25) is 0 Å². The fourth-order valence-corrected chi connectivity index (χ4v) is 3.77. The van der Waals surface area contributed by atoms with Gasteiger partial charge in [0.25, 0.3) is 0 Å². The van der Waals surface area contributed by atoms with Gasteiger partial charge < -0.3 is 15.6 Å². The zero-order chi connectivity index (χ0) is 19.3. The summed E-state index contributed by atoms with van der Waals surface area (Å²) in [5.41, 5.74) is 2.68. The first-order chi connectivity index (χ1) is 13.7. The number of fused-ring (bicyclic) bond motifs is 2. The van der Waals surface area contributed by atoms with Crippen molar-refractivity contribution in [2.45, 2.75) is 12.5 Å². The predicted octanol–water partition coefficient (Wildman–Crippen LogP) is 5.33. The SMILES string of the molecule is CSCC[C@@H](NC(=O)Nc1cccc2ccccc12)c1nc2ccccc2[nH]1. The molecule has 4 rings (SSSR count). The number of amides is 2. The summed E-state index contributed by atoms with van der Waals surface area (Å²) in [4.78, 5) is 20.8. The van der Waals surface area contributed by atoms with Crippen molar-refractivity contribution in [3.8, 4) is 0 Å². The monoisotopic (exact) mass is 390 g/mol. The van der Waals surface area contributed by atoms with Gasteiger partial charge in [0.05, 0.1) is 22.8 Å². The molecule has 0 unspecified atom stereocenters. The van der Waals surface area contributed by atoms with Crippen molar-refractivity contribution < 1.29 is 4.79 Å². The summed E-state index contributed by atoms with van der Waals surface area (Å²) in [5.74, 6) is 1.71. The third kappa shape index (κ3) is 3.97. The molecule has 2 amide bonds. The van der Waals surface area contributed by atoms with E-state index in [1.165, 1.54) is 0 Å². The van der Waals surface area contributed by atoms with Gasteiger partial charge in [0.1, 0.15) is 5.82 Å². The lowest BCUT2D eigenvalue weighted by molar-refractivity contribution is 0.248. The molecule has 1 aromatic heterocycles. The zero-order valence-electron chi connectivity index (χ0n) is 15.6. The standard InChI is InChI=1S/C22H22N4OS/c1-28-14-13-20(21-23-18-10-4-5-11-19(18)24-21)26-22(27)25-17-12-6-8-15-7-2-3-9-16(15)17/h2-12,20H,13-14H2,1H3,(H,23,24)(H2,25,26,27)/t20-/m1/s1. The summed E-state index contributed by atoms with van der Waals surface area (Å²) in [5, 5.41) is 8.19. The van der Waals surface area contributed by atoms with Gasteiger partial charge in [0, 0.05) is 5.39 Å². The van der Waals surface area contributed by atoms with E-state index in [9.17, 15) is 4.79 Å². The molecule has 0 fully saturated rings. The number of thioether (sulfide) groups is 1. The van der Waals surface area contributed by atoms with Gasteiger partial charge >= 0.3 is 6.03 Å². The molecular formula is C22H22N4OS. The first-order valence-electron chi connectivity index (χ1n) is 9.23.